The van der Waals surface area contributed by atoms with Gasteiger partial charge in [-0.25, -0.2) is 15.1 Å². The fourth-order valence-corrected chi connectivity index (χ4v) is 5.13. The first kappa shape index (κ1) is 25.5. The topological polar surface area (TPSA) is 154 Å². The van der Waals surface area contributed by atoms with Gasteiger partial charge in [0.1, 0.15) is 24.5 Å². The summed E-state index contributed by atoms with van der Waals surface area (Å²) in [6, 6.07) is 8.54. The van der Waals surface area contributed by atoms with Crippen molar-refractivity contribution >= 4 is 44.8 Å². The Morgan fingerprint density at radius 3 is 2.80 bits per heavy atom. The molecule has 186 valence electrons. The van der Waals surface area contributed by atoms with E-state index in [1.54, 1.807) is 30.3 Å². The molecule has 0 bridgehead atoms. The summed E-state index contributed by atoms with van der Waals surface area (Å²) in [5.41, 5.74) is 1.13. The van der Waals surface area contributed by atoms with E-state index in [2.05, 4.69) is 19.5 Å². The monoisotopic (exact) mass is 538 g/mol. The number of nitrogens with one attached hydrogen (secondary N) is 1. The third kappa shape index (κ3) is 6.97. The lowest BCUT2D eigenvalue weighted by molar-refractivity contribution is 0.101. The Labute approximate surface area is 211 Å². The Bertz CT molecular complexity index is 1290. The van der Waals surface area contributed by atoms with E-state index in [9.17, 15) is 18.3 Å². The second-order valence-corrected chi connectivity index (χ2v) is 10.7. The third-order valence-corrected chi connectivity index (χ3v) is 7.19. The molecule has 0 amide bonds. The van der Waals surface area contributed by atoms with Crippen LogP contribution in [0.3, 0.4) is 0 Å². The number of hydrogen-bond acceptors (Lipinski definition) is 10. The van der Waals surface area contributed by atoms with Crippen molar-refractivity contribution in [1.29, 1.82) is 0 Å². The highest BCUT2D eigenvalue weighted by atomic mass is 35.5. The van der Waals surface area contributed by atoms with Gasteiger partial charge in [0.15, 0.2) is 0 Å². The molecule has 10 nitrogen and oxygen atoms in total. The largest absolute Gasteiger partial charge is 0.489 e. The summed E-state index contributed by atoms with van der Waals surface area (Å²) in [6.07, 6.45) is 2.73. The number of benzene rings is 1. The van der Waals surface area contributed by atoms with Crippen LogP contribution in [0.1, 0.15) is 33.6 Å². The number of nitrogens with two attached hydrogens (primary N) is 1. The van der Waals surface area contributed by atoms with Gasteiger partial charge in [-0.3, -0.25) is 8.98 Å². The van der Waals surface area contributed by atoms with Gasteiger partial charge < -0.3 is 15.2 Å². The van der Waals surface area contributed by atoms with Crippen LogP contribution < -0.4 is 15.2 Å². The minimum absolute atomic E-state index is 0.218. The summed E-state index contributed by atoms with van der Waals surface area (Å²) >= 11 is 7.18. The highest BCUT2D eigenvalue weighted by Crippen LogP contribution is 2.30. The molecule has 0 saturated heterocycles. The van der Waals surface area contributed by atoms with Crippen LogP contribution >= 0.6 is 22.9 Å². The molecule has 0 spiro atoms. The Balaban J connectivity index is 1.40. The smallest absolute Gasteiger partial charge is 0.333 e. The molecule has 0 aliphatic heterocycles. The maximum Gasteiger partial charge on any atom is 0.333 e. The predicted molar refractivity (Wildman–Crippen MR) is 131 cm³/mol. The van der Waals surface area contributed by atoms with E-state index in [4.69, 9.17) is 21.5 Å². The molecular weight excluding hydrogens is 516 g/mol. The molecule has 13 heteroatoms. The second-order valence-electron chi connectivity index (χ2n) is 8.09. The molecule has 2 heterocycles. The van der Waals surface area contributed by atoms with Crippen molar-refractivity contribution < 1.29 is 27.2 Å². The number of carbonyl (C=O) groups is 1. The number of carbonyl (C=O) groups excluding carboxylic acids is 1. The molecular formula is C22H23ClN4O6S2. The van der Waals surface area contributed by atoms with Crippen LogP contribution in [0.25, 0.3) is 0 Å². The lowest BCUT2D eigenvalue weighted by Gasteiger charge is -2.15. The number of aliphatic hydroxyl groups excluding tert-OH is 1. The average molecular weight is 539 g/mol. The van der Waals surface area contributed by atoms with Crippen molar-refractivity contribution in [3.05, 3.63) is 69.3 Å². The van der Waals surface area contributed by atoms with E-state index < -0.39 is 22.3 Å². The van der Waals surface area contributed by atoms with Gasteiger partial charge in [0.05, 0.1) is 23.2 Å². The molecule has 0 radical (unpaired) electrons. The van der Waals surface area contributed by atoms with Crippen LogP contribution in [-0.2, 0) is 21.1 Å². The zero-order chi connectivity index (χ0) is 25.0. The summed E-state index contributed by atoms with van der Waals surface area (Å²) in [5, 5.41) is 20.8. The van der Waals surface area contributed by atoms with Gasteiger partial charge in [0.25, 0.3) is 0 Å². The standard InChI is InChI=1S/C22H23ClN4O6S2/c23-15-1-3-17(4-2-15)32-9-13-5-20(34-11-13)21(29)18-8-25-12-26-22(18)27-16-6-14(19(28)7-16)10-33-35(24,30)31/h1-5,8,11-12,14,16,19,28H,6-7,9-10H2,(H2,24,30,31)(H,25,26,27)/t14-,16-,19+/m1/s1. The number of thiophene rings is 1. The van der Waals surface area contributed by atoms with Gasteiger partial charge in [-0.05, 0) is 48.6 Å². The zero-order valence-electron chi connectivity index (χ0n) is 18.3. The van der Waals surface area contributed by atoms with Gasteiger partial charge in [-0.1, -0.05) is 11.6 Å². The first-order valence-corrected chi connectivity index (χ1v) is 13.3. The first-order valence-electron chi connectivity index (χ1n) is 10.6. The minimum Gasteiger partial charge on any atom is -0.489 e. The Hall–Kier alpha value is -2.61. The Kier molecular flexibility index (Phi) is 7.99. The van der Waals surface area contributed by atoms with Crippen LogP contribution in [0.5, 0.6) is 5.75 Å². The summed E-state index contributed by atoms with van der Waals surface area (Å²) < 4.78 is 32.4. The Morgan fingerprint density at radius 2 is 2.06 bits per heavy atom. The molecule has 35 heavy (non-hydrogen) atoms. The van der Waals surface area contributed by atoms with Gasteiger partial charge >= 0.3 is 10.3 Å². The van der Waals surface area contributed by atoms with Gasteiger partial charge in [0, 0.05) is 28.7 Å². The minimum atomic E-state index is -4.09. The molecule has 1 aromatic carbocycles. The molecule has 0 unspecified atom stereocenters. The highest BCUT2D eigenvalue weighted by Gasteiger charge is 2.34. The number of rotatable bonds is 10. The quantitative estimate of drug-likeness (QED) is 0.330. The summed E-state index contributed by atoms with van der Waals surface area (Å²) in [7, 11) is -4.09. The van der Waals surface area contributed by atoms with E-state index >= 15 is 0 Å². The van der Waals surface area contributed by atoms with Crippen LogP contribution in [0.4, 0.5) is 5.82 Å². The Morgan fingerprint density at radius 1 is 1.29 bits per heavy atom. The molecule has 1 fully saturated rings. The number of aliphatic hydroxyl groups is 1. The maximum atomic E-state index is 13.2. The molecule has 2 aromatic heterocycles. The van der Waals surface area contributed by atoms with E-state index in [0.717, 1.165) is 5.56 Å². The highest BCUT2D eigenvalue weighted by molar-refractivity contribution is 7.84. The zero-order valence-corrected chi connectivity index (χ0v) is 20.7. The van der Waals surface area contributed by atoms with Gasteiger partial charge in [-0.15, -0.1) is 11.3 Å². The third-order valence-electron chi connectivity index (χ3n) is 5.50. The van der Waals surface area contributed by atoms with Crippen LogP contribution in [0.2, 0.25) is 5.02 Å². The van der Waals surface area contributed by atoms with Crippen molar-refractivity contribution in [1.82, 2.24) is 9.97 Å². The van der Waals surface area contributed by atoms with E-state index in [1.165, 1.54) is 23.9 Å². The van der Waals surface area contributed by atoms with Crippen molar-refractivity contribution in [2.45, 2.75) is 31.6 Å². The summed E-state index contributed by atoms with van der Waals surface area (Å²) in [5.74, 6) is 0.335. The van der Waals surface area contributed by atoms with E-state index in [-0.39, 0.29) is 18.4 Å². The van der Waals surface area contributed by atoms with Crippen LogP contribution in [0, 0.1) is 5.92 Å². The second kappa shape index (κ2) is 11.0. The fourth-order valence-electron chi connectivity index (χ4n) is 3.79. The number of nitrogens with zero attached hydrogens (tertiary/aromatic N) is 2. The molecule has 3 aromatic rings. The molecule has 1 aliphatic rings. The SMILES string of the molecule is NS(=O)(=O)OC[C@H]1C[C@@H](Nc2ncncc2C(=O)c2cc(COc3ccc(Cl)cc3)cs2)C[C@@H]1O. The molecule has 1 saturated carbocycles. The summed E-state index contributed by atoms with van der Waals surface area (Å²) in [4.78, 5) is 21.9. The number of anilines is 1. The maximum absolute atomic E-state index is 13.2. The summed E-state index contributed by atoms with van der Waals surface area (Å²) in [6.45, 7) is 0.0769. The molecule has 4 N–H and O–H groups in total. The molecule has 1 aliphatic carbocycles. The average Bonchev–Trinajstić information content (AvgIpc) is 3.43. The van der Waals surface area contributed by atoms with Crippen molar-refractivity contribution in [3.8, 4) is 5.75 Å². The molecule has 3 atom stereocenters. The predicted octanol–water partition coefficient (Wildman–Crippen LogP) is 2.77. The molecule has 4 rings (SSSR count). The lowest BCUT2D eigenvalue weighted by atomic mass is 10.1. The fraction of sp³-hybridized carbons (Fsp3) is 0.318. The van der Waals surface area contributed by atoms with Crippen LogP contribution in [0.15, 0.2) is 48.2 Å². The van der Waals surface area contributed by atoms with Gasteiger partial charge in [-0.2, -0.15) is 8.42 Å². The number of halogens is 1. The number of hydrogen-bond donors (Lipinski definition) is 3. The number of aromatic nitrogens is 2. The number of ether oxygens (including phenoxy) is 1. The lowest BCUT2D eigenvalue weighted by Crippen LogP contribution is -2.24. The van der Waals surface area contributed by atoms with E-state index in [0.29, 0.717) is 46.5 Å². The van der Waals surface area contributed by atoms with Crippen molar-refractivity contribution in [3.63, 3.8) is 0 Å². The van der Waals surface area contributed by atoms with Crippen molar-refractivity contribution in [2.24, 2.45) is 11.1 Å². The van der Waals surface area contributed by atoms with E-state index in [1.807, 2.05) is 5.38 Å². The van der Waals surface area contributed by atoms with Gasteiger partial charge in [0.2, 0.25) is 5.78 Å². The normalized spacial score (nSPS) is 20.0. The van der Waals surface area contributed by atoms with Crippen molar-refractivity contribution in [2.75, 3.05) is 11.9 Å². The number of ketones is 1. The van der Waals surface area contributed by atoms with Crippen LogP contribution in [-0.4, -0.2) is 48.0 Å². The first-order chi connectivity index (χ1) is 16.7.